The van der Waals surface area contributed by atoms with Gasteiger partial charge in [-0.3, -0.25) is 0 Å². The van der Waals surface area contributed by atoms with Crippen LogP contribution in [0.4, 0.5) is 0 Å². The predicted molar refractivity (Wildman–Crippen MR) is 235 cm³/mol. The molecule has 0 saturated carbocycles. The molecule has 3 nitrogen and oxygen atoms in total. The quantitative estimate of drug-likeness (QED) is 0.177. The Morgan fingerprint density at radius 2 is 0.836 bits per heavy atom. The first-order chi connectivity index (χ1) is 27.2. The summed E-state index contributed by atoms with van der Waals surface area (Å²) in [5, 5.41) is 13.9. The van der Waals surface area contributed by atoms with Crippen molar-refractivity contribution < 1.29 is 0 Å². The van der Waals surface area contributed by atoms with E-state index in [0.717, 1.165) is 28.4 Å². The van der Waals surface area contributed by atoms with Gasteiger partial charge in [-0.05, 0) is 84.4 Å². The molecule has 1 unspecified atom stereocenters. The minimum absolute atomic E-state index is 0.228. The molecule has 1 aliphatic heterocycles. The van der Waals surface area contributed by atoms with Gasteiger partial charge in [-0.15, -0.1) is 11.3 Å². The molecule has 0 bridgehead atoms. The summed E-state index contributed by atoms with van der Waals surface area (Å²) in [6, 6.07) is 67.7. The van der Waals surface area contributed by atoms with Crippen molar-refractivity contribution in [2.45, 2.75) is 6.17 Å². The first-order valence-corrected chi connectivity index (χ1v) is 19.5. The minimum atomic E-state index is -0.228. The molecule has 9 aromatic carbocycles. The number of nitrogens with zero attached hydrogens (tertiary/aromatic N) is 2. The van der Waals surface area contributed by atoms with E-state index in [4.69, 9.17) is 9.98 Å². The summed E-state index contributed by atoms with van der Waals surface area (Å²) in [5.41, 5.74) is 8.01. The fraction of sp³-hybridized carbons (Fsp3) is 0.0196. The maximum Gasteiger partial charge on any atom is 0.159 e. The lowest BCUT2D eigenvalue weighted by atomic mass is 9.91. The molecule has 1 aliphatic rings. The van der Waals surface area contributed by atoms with Crippen LogP contribution in [0, 0.1) is 0 Å². The van der Waals surface area contributed by atoms with Crippen LogP contribution < -0.4 is 5.32 Å². The summed E-state index contributed by atoms with van der Waals surface area (Å²) in [6.07, 6.45) is -0.228. The molecule has 0 radical (unpaired) electrons. The van der Waals surface area contributed by atoms with Crippen LogP contribution in [-0.2, 0) is 0 Å². The lowest BCUT2D eigenvalue weighted by Crippen LogP contribution is -2.33. The van der Waals surface area contributed by atoms with Crippen LogP contribution in [0.15, 0.2) is 198 Å². The zero-order chi connectivity index (χ0) is 36.3. The van der Waals surface area contributed by atoms with Gasteiger partial charge in [0.1, 0.15) is 12.0 Å². The Balaban J connectivity index is 0.954. The van der Waals surface area contributed by atoms with Crippen molar-refractivity contribution in [3.05, 3.63) is 205 Å². The summed E-state index contributed by atoms with van der Waals surface area (Å²) < 4.78 is 2.50. The summed E-state index contributed by atoms with van der Waals surface area (Å²) in [6.45, 7) is 0. The van der Waals surface area contributed by atoms with E-state index in [1.807, 2.05) is 35.6 Å². The van der Waals surface area contributed by atoms with E-state index < -0.39 is 0 Å². The second kappa shape index (κ2) is 12.9. The molecule has 55 heavy (non-hydrogen) atoms. The van der Waals surface area contributed by atoms with Gasteiger partial charge >= 0.3 is 0 Å². The number of thiophene rings is 1. The monoisotopic (exact) mass is 719 g/mol. The number of nitrogens with one attached hydrogen (secondary N) is 1. The topological polar surface area (TPSA) is 36.8 Å². The molecule has 0 aliphatic carbocycles. The van der Waals surface area contributed by atoms with Crippen molar-refractivity contribution in [1.29, 1.82) is 0 Å². The van der Waals surface area contributed by atoms with E-state index in [-0.39, 0.29) is 6.17 Å². The van der Waals surface area contributed by atoms with Crippen LogP contribution in [0.3, 0.4) is 0 Å². The summed E-state index contributed by atoms with van der Waals surface area (Å²) in [4.78, 5) is 10.1. The van der Waals surface area contributed by atoms with Crippen LogP contribution in [0.5, 0.6) is 0 Å². The van der Waals surface area contributed by atoms with Gasteiger partial charge in [-0.2, -0.15) is 0 Å². The number of benzene rings is 9. The van der Waals surface area contributed by atoms with Crippen LogP contribution in [0.1, 0.15) is 22.9 Å². The van der Waals surface area contributed by atoms with Crippen LogP contribution in [-0.4, -0.2) is 11.7 Å². The van der Waals surface area contributed by atoms with E-state index in [2.05, 4.69) is 169 Å². The van der Waals surface area contributed by atoms with Crippen LogP contribution in [0.2, 0.25) is 0 Å². The number of hydrogen-bond donors (Lipinski definition) is 1. The van der Waals surface area contributed by atoms with Gasteiger partial charge in [0.2, 0.25) is 0 Å². The van der Waals surface area contributed by atoms with Crippen molar-refractivity contribution in [3.63, 3.8) is 0 Å². The smallest absolute Gasteiger partial charge is 0.159 e. The molecular weight excluding hydrogens is 687 g/mol. The second-order valence-corrected chi connectivity index (χ2v) is 15.3. The highest BCUT2D eigenvalue weighted by Crippen LogP contribution is 2.40. The number of aliphatic imine (C=N–C) groups is 2. The van der Waals surface area contributed by atoms with Gasteiger partial charge in [-0.25, -0.2) is 9.98 Å². The third-order valence-corrected chi connectivity index (χ3v) is 12.0. The molecule has 0 fully saturated rings. The van der Waals surface area contributed by atoms with Gasteiger partial charge in [-0.1, -0.05) is 164 Å². The van der Waals surface area contributed by atoms with E-state index in [1.165, 1.54) is 74.7 Å². The Bertz CT molecular complexity index is 3140. The fourth-order valence-corrected chi connectivity index (χ4v) is 9.37. The third-order valence-electron chi connectivity index (χ3n) is 10.9. The predicted octanol–water partition coefficient (Wildman–Crippen LogP) is 13.3. The van der Waals surface area contributed by atoms with E-state index >= 15 is 0 Å². The van der Waals surface area contributed by atoms with Crippen LogP contribution in [0.25, 0.3) is 74.7 Å². The highest BCUT2D eigenvalue weighted by atomic mass is 32.1. The molecule has 1 aromatic heterocycles. The molecular formula is C51H33N3S. The average molecular weight is 720 g/mol. The van der Waals surface area contributed by atoms with Crippen molar-refractivity contribution >= 4 is 75.5 Å². The number of hydrogen-bond acceptors (Lipinski definition) is 4. The summed E-state index contributed by atoms with van der Waals surface area (Å²) >= 11 is 1.83. The molecule has 0 amide bonds. The molecule has 4 heteroatoms. The first kappa shape index (κ1) is 31.6. The number of amidine groups is 2. The van der Waals surface area contributed by atoms with Crippen LogP contribution >= 0.6 is 11.3 Å². The van der Waals surface area contributed by atoms with Crippen molar-refractivity contribution in [2.75, 3.05) is 0 Å². The van der Waals surface area contributed by atoms with E-state index in [1.54, 1.807) is 0 Å². The van der Waals surface area contributed by atoms with Crippen molar-refractivity contribution in [2.24, 2.45) is 9.98 Å². The summed E-state index contributed by atoms with van der Waals surface area (Å²) in [5.74, 6) is 1.56. The van der Waals surface area contributed by atoms with Gasteiger partial charge in [0.15, 0.2) is 5.84 Å². The highest BCUT2D eigenvalue weighted by Gasteiger charge is 2.21. The Kier molecular flexibility index (Phi) is 7.42. The van der Waals surface area contributed by atoms with E-state index in [0.29, 0.717) is 0 Å². The van der Waals surface area contributed by atoms with Gasteiger partial charge in [0.05, 0.1) is 0 Å². The summed E-state index contributed by atoms with van der Waals surface area (Å²) in [7, 11) is 0. The van der Waals surface area contributed by atoms with Crippen molar-refractivity contribution in [3.8, 4) is 22.3 Å². The largest absolute Gasteiger partial charge is 0.344 e. The average Bonchev–Trinajstić information content (AvgIpc) is 3.64. The zero-order valence-electron chi connectivity index (χ0n) is 29.8. The standard InChI is InChI=1S/C51H33N3S/c1-3-12-32(13-4-1)49-52-50(33-14-5-2-6-15-33)54-51(53-49)38-24-27-45-44-26-23-37(30-47(44)55-48(45)31-38)35-17-11-16-34(28-35)36-22-25-43-41-20-8-7-18-39(41)40-19-9-10-21-42(40)46(43)29-36/h1-31,49H,(H,52,53,54). The second-order valence-electron chi connectivity index (χ2n) is 14.2. The molecule has 258 valence electrons. The Labute approximate surface area is 322 Å². The SMILES string of the molecule is c1ccc(C2=NC(c3ccccc3)NC(c3ccc4c(c3)sc3cc(-c5cccc(-c6ccc7c8ccccc8c8ccccc8c7c6)c5)ccc34)=N2)cc1. The number of rotatable bonds is 5. The van der Waals surface area contributed by atoms with Gasteiger partial charge in [0, 0.05) is 31.3 Å². The fourth-order valence-electron chi connectivity index (χ4n) is 8.19. The Hall–Kier alpha value is -6.88. The minimum Gasteiger partial charge on any atom is -0.344 e. The molecule has 0 spiro atoms. The molecule has 1 atom stereocenters. The lowest BCUT2D eigenvalue weighted by molar-refractivity contribution is 0.674. The maximum absolute atomic E-state index is 5.05. The lowest BCUT2D eigenvalue weighted by Gasteiger charge is -2.23. The third kappa shape index (κ3) is 5.50. The number of fused-ring (bicyclic) bond motifs is 9. The maximum atomic E-state index is 5.05. The Morgan fingerprint density at radius 3 is 1.49 bits per heavy atom. The Morgan fingerprint density at radius 1 is 0.364 bits per heavy atom. The zero-order valence-corrected chi connectivity index (χ0v) is 30.6. The van der Waals surface area contributed by atoms with E-state index in [9.17, 15) is 0 Å². The normalized spacial score (nSPS) is 14.4. The first-order valence-electron chi connectivity index (χ1n) is 18.7. The molecule has 2 heterocycles. The van der Waals surface area contributed by atoms with Crippen molar-refractivity contribution in [1.82, 2.24) is 5.32 Å². The molecule has 10 aromatic rings. The van der Waals surface area contributed by atoms with Gasteiger partial charge in [0.25, 0.3) is 0 Å². The molecule has 1 N–H and O–H groups in total. The highest BCUT2D eigenvalue weighted by molar-refractivity contribution is 7.25. The molecule has 11 rings (SSSR count). The molecule has 0 saturated heterocycles. The van der Waals surface area contributed by atoms with Gasteiger partial charge < -0.3 is 5.32 Å².